The van der Waals surface area contributed by atoms with Crippen molar-refractivity contribution in [2.24, 2.45) is 0 Å². The molecule has 0 aliphatic heterocycles. The fraction of sp³-hybridized carbons (Fsp3) is 0.385. The first kappa shape index (κ1) is 12.4. The van der Waals surface area contributed by atoms with Crippen LogP contribution in [0.15, 0.2) is 41.3 Å². The molecule has 2 aromatic heterocycles. The van der Waals surface area contributed by atoms with Gasteiger partial charge in [0.25, 0.3) is 0 Å². The number of furan rings is 1. The lowest BCUT2D eigenvalue weighted by molar-refractivity contribution is -0.121. The van der Waals surface area contributed by atoms with Gasteiger partial charge in [0.05, 0.1) is 12.3 Å². The van der Waals surface area contributed by atoms with E-state index in [0.29, 0.717) is 13.0 Å². The van der Waals surface area contributed by atoms with E-state index in [-0.39, 0.29) is 11.9 Å². The third-order valence-electron chi connectivity index (χ3n) is 2.73. The zero-order valence-corrected chi connectivity index (χ0v) is 10.4. The van der Waals surface area contributed by atoms with E-state index in [9.17, 15) is 4.79 Å². The van der Waals surface area contributed by atoms with Gasteiger partial charge >= 0.3 is 0 Å². The Balaban J connectivity index is 1.69. The maximum absolute atomic E-state index is 11.7. The fourth-order valence-corrected chi connectivity index (χ4v) is 1.76. The number of hydrogen-bond acceptors (Lipinski definition) is 3. The van der Waals surface area contributed by atoms with Gasteiger partial charge in [-0.05, 0) is 25.1 Å². The van der Waals surface area contributed by atoms with E-state index in [1.54, 1.807) is 17.1 Å². The van der Waals surface area contributed by atoms with Crippen LogP contribution in [0.1, 0.15) is 25.1 Å². The highest BCUT2D eigenvalue weighted by molar-refractivity contribution is 5.76. The van der Waals surface area contributed by atoms with Crippen molar-refractivity contribution in [2.75, 3.05) is 6.54 Å². The van der Waals surface area contributed by atoms with Gasteiger partial charge in [-0.3, -0.25) is 9.48 Å². The molecule has 1 amide bonds. The minimum Gasteiger partial charge on any atom is -0.469 e. The smallest absolute Gasteiger partial charge is 0.222 e. The van der Waals surface area contributed by atoms with Crippen molar-refractivity contribution < 1.29 is 9.21 Å². The highest BCUT2D eigenvalue weighted by Gasteiger charge is 2.10. The Morgan fingerprint density at radius 1 is 1.56 bits per heavy atom. The molecule has 5 heteroatoms. The first-order valence-electron chi connectivity index (χ1n) is 6.04. The molecule has 0 fully saturated rings. The van der Waals surface area contributed by atoms with Gasteiger partial charge in [-0.2, -0.15) is 5.10 Å². The molecule has 0 radical (unpaired) electrons. The summed E-state index contributed by atoms with van der Waals surface area (Å²) in [4.78, 5) is 11.7. The lowest BCUT2D eigenvalue weighted by atomic mass is 10.2. The van der Waals surface area contributed by atoms with Crippen LogP contribution in [0.4, 0.5) is 0 Å². The number of rotatable bonds is 6. The summed E-state index contributed by atoms with van der Waals surface area (Å²) >= 11 is 0. The Hall–Kier alpha value is -2.04. The van der Waals surface area contributed by atoms with Crippen molar-refractivity contribution in [2.45, 2.75) is 25.8 Å². The van der Waals surface area contributed by atoms with Crippen molar-refractivity contribution >= 4 is 5.91 Å². The van der Waals surface area contributed by atoms with Crippen LogP contribution in [-0.4, -0.2) is 22.2 Å². The molecular formula is C13H17N3O2. The average Bonchev–Trinajstić information content (AvgIpc) is 3.02. The van der Waals surface area contributed by atoms with Gasteiger partial charge in [-0.25, -0.2) is 0 Å². The molecule has 2 aromatic rings. The molecule has 1 N–H and O–H groups in total. The van der Waals surface area contributed by atoms with E-state index in [4.69, 9.17) is 4.42 Å². The van der Waals surface area contributed by atoms with E-state index in [2.05, 4.69) is 10.4 Å². The quantitative estimate of drug-likeness (QED) is 0.846. The highest BCUT2D eigenvalue weighted by Crippen LogP contribution is 2.08. The van der Waals surface area contributed by atoms with Crippen molar-refractivity contribution in [3.05, 3.63) is 42.6 Å². The molecule has 18 heavy (non-hydrogen) atoms. The maximum atomic E-state index is 11.7. The molecule has 0 unspecified atom stereocenters. The van der Waals surface area contributed by atoms with E-state index in [1.165, 1.54) is 0 Å². The Morgan fingerprint density at radius 3 is 3.11 bits per heavy atom. The molecule has 96 valence electrons. The standard InChI is InChI=1S/C13H17N3O2/c1-11(16-8-3-6-15-16)10-13(17)14-7-5-12-4-2-9-18-12/h2-4,6,8-9,11H,5,7,10H2,1H3,(H,14,17)/t11-/m1/s1. The van der Waals surface area contributed by atoms with Crippen LogP contribution in [0, 0.1) is 0 Å². The van der Waals surface area contributed by atoms with Crippen molar-refractivity contribution in [1.82, 2.24) is 15.1 Å². The van der Waals surface area contributed by atoms with E-state index >= 15 is 0 Å². The lowest BCUT2D eigenvalue weighted by Crippen LogP contribution is -2.27. The lowest BCUT2D eigenvalue weighted by Gasteiger charge is -2.11. The SMILES string of the molecule is C[C@H](CC(=O)NCCc1ccco1)n1cccn1. The van der Waals surface area contributed by atoms with Crippen LogP contribution in [0.25, 0.3) is 0 Å². The number of carbonyl (C=O) groups excluding carboxylic acids is 1. The van der Waals surface area contributed by atoms with Gasteiger partial charge in [-0.15, -0.1) is 0 Å². The summed E-state index contributed by atoms with van der Waals surface area (Å²) in [7, 11) is 0. The van der Waals surface area contributed by atoms with E-state index in [0.717, 1.165) is 12.2 Å². The molecule has 0 saturated heterocycles. The number of aromatic nitrogens is 2. The number of nitrogens with zero attached hydrogens (tertiary/aromatic N) is 2. The molecular weight excluding hydrogens is 230 g/mol. The van der Waals surface area contributed by atoms with Crippen LogP contribution in [0.2, 0.25) is 0 Å². The molecule has 5 nitrogen and oxygen atoms in total. The van der Waals surface area contributed by atoms with Crippen LogP contribution in [-0.2, 0) is 11.2 Å². The molecule has 2 rings (SSSR count). The normalized spacial score (nSPS) is 12.3. The molecule has 0 spiro atoms. The van der Waals surface area contributed by atoms with Crippen LogP contribution in [0.5, 0.6) is 0 Å². The molecule has 0 saturated carbocycles. The number of amides is 1. The first-order chi connectivity index (χ1) is 8.75. The number of nitrogens with one attached hydrogen (secondary N) is 1. The van der Waals surface area contributed by atoms with Crippen LogP contribution in [0.3, 0.4) is 0 Å². The van der Waals surface area contributed by atoms with Gasteiger partial charge in [0, 0.05) is 31.8 Å². The predicted molar refractivity (Wildman–Crippen MR) is 67.0 cm³/mol. The summed E-state index contributed by atoms with van der Waals surface area (Å²) in [5.74, 6) is 0.917. The summed E-state index contributed by atoms with van der Waals surface area (Å²) < 4.78 is 6.97. The zero-order chi connectivity index (χ0) is 12.8. The molecule has 0 aliphatic rings. The second-order valence-corrected chi connectivity index (χ2v) is 4.22. The molecule has 0 aromatic carbocycles. The maximum Gasteiger partial charge on any atom is 0.222 e. The first-order valence-corrected chi connectivity index (χ1v) is 6.04. The van der Waals surface area contributed by atoms with Crippen LogP contribution >= 0.6 is 0 Å². The van der Waals surface area contributed by atoms with E-state index < -0.39 is 0 Å². The van der Waals surface area contributed by atoms with Gasteiger partial charge < -0.3 is 9.73 Å². The molecule has 1 atom stereocenters. The second-order valence-electron chi connectivity index (χ2n) is 4.22. The van der Waals surface area contributed by atoms with Crippen molar-refractivity contribution in [3.8, 4) is 0 Å². The monoisotopic (exact) mass is 247 g/mol. The largest absolute Gasteiger partial charge is 0.469 e. The Labute approximate surface area is 106 Å². The third kappa shape index (κ3) is 3.48. The number of hydrogen-bond donors (Lipinski definition) is 1. The third-order valence-corrected chi connectivity index (χ3v) is 2.73. The van der Waals surface area contributed by atoms with Gasteiger partial charge in [0.15, 0.2) is 0 Å². The topological polar surface area (TPSA) is 60.1 Å². The Kier molecular flexibility index (Phi) is 4.17. The minimum atomic E-state index is 0.0320. The summed E-state index contributed by atoms with van der Waals surface area (Å²) in [6, 6.07) is 5.67. The Morgan fingerprint density at radius 2 is 2.44 bits per heavy atom. The van der Waals surface area contributed by atoms with E-state index in [1.807, 2.05) is 31.3 Å². The summed E-state index contributed by atoms with van der Waals surface area (Å²) in [6.07, 6.45) is 6.36. The number of carbonyl (C=O) groups is 1. The summed E-state index contributed by atoms with van der Waals surface area (Å²) in [6.45, 7) is 2.57. The highest BCUT2D eigenvalue weighted by atomic mass is 16.3. The predicted octanol–water partition coefficient (Wildman–Crippen LogP) is 1.79. The van der Waals surface area contributed by atoms with Gasteiger partial charge in [-0.1, -0.05) is 0 Å². The fourth-order valence-electron chi connectivity index (χ4n) is 1.76. The molecule has 0 aliphatic carbocycles. The average molecular weight is 247 g/mol. The zero-order valence-electron chi connectivity index (χ0n) is 10.4. The summed E-state index contributed by atoms with van der Waals surface area (Å²) in [5, 5.41) is 6.99. The van der Waals surface area contributed by atoms with Crippen molar-refractivity contribution in [3.63, 3.8) is 0 Å². The summed E-state index contributed by atoms with van der Waals surface area (Å²) in [5.41, 5.74) is 0. The second kappa shape index (κ2) is 6.05. The van der Waals surface area contributed by atoms with Crippen LogP contribution < -0.4 is 5.32 Å². The van der Waals surface area contributed by atoms with Gasteiger partial charge in [0.1, 0.15) is 5.76 Å². The minimum absolute atomic E-state index is 0.0320. The van der Waals surface area contributed by atoms with Crippen molar-refractivity contribution in [1.29, 1.82) is 0 Å². The Bertz CT molecular complexity index is 462. The molecule has 2 heterocycles. The molecule has 0 bridgehead atoms. The van der Waals surface area contributed by atoms with Gasteiger partial charge in [0.2, 0.25) is 5.91 Å².